The molecule has 0 radical (unpaired) electrons. The van der Waals surface area contributed by atoms with Crippen LogP contribution in [0.3, 0.4) is 0 Å². The molecule has 1 aliphatic heterocycles. The number of nitrogens with one attached hydrogen (secondary N) is 1. The van der Waals surface area contributed by atoms with Gasteiger partial charge in [0, 0.05) is 25.7 Å². The van der Waals surface area contributed by atoms with Gasteiger partial charge < -0.3 is 24.4 Å². The van der Waals surface area contributed by atoms with Crippen LogP contribution in [0.1, 0.15) is 37.9 Å². The van der Waals surface area contributed by atoms with Gasteiger partial charge in [0.1, 0.15) is 0 Å². The van der Waals surface area contributed by atoms with E-state index in [1.807, 2.05) is 56.0 Å². The quantitative estimate of drug-likeness (QED) is 0.682. The largest absolute Gasteiger partial charge is 0.490 e. The van der Waals surface area contributed by atoms with Crippen molar-refractivity contribution >= 4 is 5.91 Å². The molecule has 2 aromatic rings. The highest BCUT2D eigenvalue weighted by Crippen LogP contribution is 2.39. The van der Waals surface area contributed by atoms with Gasteiger partial charge in [-0.05, 0) is 44.0 Å². The van der Waals surface area contributed by atoms with Crippen LogP contribution in [0.5, 0.6) is 17.2 Å². The molecule has 1 fully saturated rings. The molecule has 1 unspecified atom stereocenters. The fraction of sp³-hybridized carbons (Fsp3) is 0.458. The molecular weight excluding hydrogens is 380 g/mol. The van der Waals surface area contributed by atoms with Crippen LogP contribution in [0, 0.1) is 0 Å². The predicted octanol–water partition coefficient (Wildman–Crippen LogP) is 3.60. The van der Waals surface area contributed by atoms with Crippen LogP contribution in [0.4, 0.5) is 0 Å². The van der Waals surface area contributed by atoms with Gasteiger partial charge in [-0.2, -0.15) is 0 Å². The van der Waals surface area contributed by atoms with Crippen LogP contribution in [-0.4, -0.2) is 50.3 Å². The van der Waals surface area contributed by atoms with Crippen LogP contribution in [0.2, 0.25) is 0 Å². The van der Waals surface area contributed by atoms with Crippen molar-refractivity contribution < 1.29 is 19.0 Å². The Morgan fingerprint density at radius 2 is 1.63 bits per heavy atom. The molecular formula is C24H32N2O4. The highest BCUT2D eigenvalue weighted by molar-refractivity contribution is 5.79. The van der Waals surface area contributed by atoms with Crippen molar-refractivity contribution in [2.75, 3.05) is 39.5 Å². The van der Waals surface area contributed by atoms with E-state index < -0.39 is 0 Å². The molecule has 30 heavy (non-hydrogen) atoms. The van der Waals surface area contributed by atoms with Gasteiger partial charge in [-0.3, -0.25) is 4.79 Å². The normalized spacial score (nSPS) is 16.2. The minimum Gasteiger partial charge on any atom is -0.490 e. The Kier molecular flexibility index (Phi) is 7.97. The summed E-state index contributed by atoms with van der Waals surface area (Å²) >= 11 is 0. The zero-order valence-corrected chi connectivity index (χ0v) is 18.1. The number of rotatable bonds is 9. The van der Waals surface area contributed by atoms with E-state index in [0.717, 1.165) is 12.1 Å². The van der Waals surface area contributed by atoms with E-state index in [1.54, 1.807) is 0 Å². The van der Waals surface area contributed by atoms with E-state index in [0.29, 0.717) is 56.6 Å². The second kappa shape index (κ2) is 10.9. The maximum Gasteiger partial charge on any atom is 0.227 e. The van der Waals surface area contributed by atoms with Gasteiger partial charge in [0.2, 0.25) is 11.7 Å². The number of hydrogen-bond donors (Lipinski definition) is 1. The average molecular weight is 413 g/mol. The van der Waals surface area contributed by atoms with Gasteiger partial charge >= 0.3 is 0 Å². The second-order valence-electron chi connectivity index (χ2n) is 7.15. The summed E-state index contributed by atoms with van der Waals surface area (Å²) < 4.78 is 17.3. The van der Waals surface area contributed by atoms with Crippen LogP contribution in [0.15, 0.2) is 42.5 Å². The molecule has 0 aromatic heterocycles. The maximum atomic E-state index is 13.1. The van der Waals surface area contributed by atoms with Crippen molar-refractivity contribution in [1.29, 1.82) is 0 Å². The number of carbonyl (C=O) groups is 1. The summed E-state index contributed by atoms with van der Waals surface area (Å²) in [6.45, 7) is 9.47. The summed E-state index contributed by atoms with van der Waals surface area (Å²) in [6.07, 6.45) is 0.300. The molecule has 1 aliphatic rings. The van der Waals surface area contributed by atoms with Gasteiger partial charge in [0.15, 0.2) is 11.5 Å². The molecule has 1 atom stereocenters. The zero-order valence-electron chi connectivity index (χ0n) is 18.1. The molecule has 1 N–H and O–H groups in total. The number of piperazine rings is 1. The topological polar surface area (TPSA) is 60.0 Å². The number of benzene rings is 2. The summed E-state index contributed by atoms with van der Waals surface area (Å²) in [5, 5.41) is 3.51. The minimum absolute atomic E-state index is 0.103. The Morgan fingerprint density at radius 1 is 1.00 bits per heavy atom. The highest BCUT2D eigenvalue weighted by Gasteiger charge is 2.25. The lowest BCUT2D eigenvalue weighted by molar-refractivity contribution is -0.131. The van der Waals surface area contributed by atoms with Crippen LogP contribution in [0.25, 0.3) is 0 Å². The molecule has 1 heterocycles. The fourth-order valence-electron chi connectivity index (χ4n) is 3.72. The monoisotopic (exact) mass is 412 g/mol. The lowest BCUT2D eigenvalue weighted by Crippen LogP contribution is -2.48. The summed E-state index contributed by atoms with van der Waals surface area (Å²) in [5.41, 5.74) is 2.07. The van der Waals surface area contributed by atoms with Crippen LogP contribution in [-0.2, 0) is 11.2 Å². The maximum absolute atomic E-state index is 13.1. The first-order chi connectivity index (χ1) is 14.7. The molecule has 0 aliphatic carbocycles. The third-order valence-corrected chi connectivity index (χ3v) is 5.05. The summed E-state index contributed by atoms with van der Waals surface area (Å²) in [5.74, 6) is 1.95. The van der Waals surface area contributed by atoms with Crippen molar-refractivity contribution in [2.45, 2.75) is 33.2 Å². The number of amides is 1. The first-order valence-electron chi connectivity index (χ1n) is 10.8. The van der Waals surface area contributed by atoms with E-state index >= 15 is 0 Å². The van der Waals surface area contributed by atoms with Crippen molar-refractivity contribution in [3.05, 3.63) is 53.6 Å². The number of ether oxygens (including phenoxy) is 3. The van der Waals surface area contributed by atoms with Gasteiger partial charge in [-0.15, -0.1) is 0 Å². The Hall–Kier alpha value is -2.73. The van der Waals surface area contributed by atoms with Crippen LogP contribution < -0.4 is 19.5 Å². The molecule has 2 aromatic carbocycles. The van der Waals surface area contributed by atoms with E-state index in [2.05, 4.69) is 17.4 Å². The van der Waals surface area contributed by atoms with Gasteiger partial charge in [-0.25, -0.2) is 0 Å². The lowest BCUT2D eigenvalue weighted by atomic mass is 10.0. The average Bonchev–Trinajstić information content (AvgIpc) is 2.77. The van der Waals surface area contributed by atoms with Crippen molar-refractivity contribution in [3.63, 3.8) is 0 Å². The van der Waals surface area contributed by atoms with Crippen molar-refractivity contribution in [3.8, 4) is 17.2 Å². The number of hydrogen-bond acceptors (Lipinski definition) is 5. The molecule has 3 rings (SSSR count). The van der Waals surface area contributed by atoms with Crippen molar-refractivity contribution in [2.24, 2.45) is 0 Å². The number of nitrogens with zero attached hydrogens (tertiary/aromatic N) is 1. The Balaban J connectivity index is 1.76. The van der Waals surface area contributed by atoms with Crippen LogP contribution >= 0.6 is 0 Å². The predicted molar refractivity (Wildman–Crippen MR) is 117 cm³/mol. The molecule has 1 saturated heterocycles. The molecule has 0 saturated carbocycles. The van der Waals surface area contributed by atoms with E-state index in [9.17, 15) is 4.79 Å². The molecule has 162 valence electrons. The Morgan fingerprint density at radius 3 is 2.23 bits per heavy atom. The molecule has 0 bridgehead atoms. The number of carbonyl (C=O) groups excluding carboxylic acids is 1. The smallest absolute Gasteiger partial charge is 0.227 e. The molecule has 0 spiro atoms. The third-order valence-electron chi connectivity index (χ3n) is 5.05. The second-order valence-corrected chi connectivity index (χ2v) is 7.15. The van der Waals surface area contributed by atoms with E-state index in [1.165, 1.54) is 5.56 Å². The minimum atomic E-state index is 0.103. The summed E-state index contributed by atoms with van der Waals surface area (Å²) in [7, 11) is 0. The van der Waals surface area contributed by atoms with E-state index in [4.69, 9.17) is 14.2 Å². The van der Waals surface area contributed by atoms with Gasteiger partial charge in [0.25, 0.3) is 0 Å². The SMILES string of the molecule is CCOc1cc(CC(=O)N2CCNC(c3ccccc3)C2)cc(OCC)c1OCC. The Bertz CT molecular complexity index is 798. The summed E-state index contributed by atoms with van der Waals surface area (Å²) in [6, 6.07) is 14.2. The fourth-order valence-corrected chi connectivity index (χ4v) is 3.72. The van der Waals surface area contributed by atoms with Crippen molar-refractivity contribution in [1.82, 2.24) is 10.2 Å². The Labute approximate surface area is 179 Å². The van der Waals surface area contributed by atoms with Gasteiger partial charge in [-0.1, -0.05) is 30.3 Å². The molecule has 6 heteroatoms. The first-order valence-corrected chi connectivity index (χ1v) is 10.8. The zero-order chi connectivity index (χ0) is 21.3. The third kappa shape index (κ3) is 5.45. The molecule has 1 amide bonds. The highest BCUT2D eigenvalue weighted by atomic mass is 16.5. The lowest BCUT2D eigenvalue weighted by Gasteiger charge is -2.34. The molecule has 6 nitrogen and oxygen atoms in total. The first kappa shape index (κ1) is 22.0. The summed E-state index contributed by atoms with van der Waals surface area (Å²) in [4.78, 5) is 15.0. The van der Waals surface area contributed by atoms with E-state index in [-0.39, 0.29) is 11.9 Å². The van der Waals surface area contributed by atoms with Gasteiger partial charge in [0.05, 0.1) is 26.2 Å². The standard InChI is InChI=1S/C24H32N2O4/c1-4-28-21-14-18(15-22(29-5-2)24(21)30-6-3)16-23(27)26-13-12-25-20(17-26)19-10-8-7-9-11-19/h7-11,14-15,20,25H,4-6,12-13,16-17H2,1-3H3.